The summed E-state index contributed by atoms with van der Waals surface area (Å²) in [5.41, 5.74) is 1.95. The third-order valence-electron chi connectivity index (χ3n) is 3.42. The molecule has 0 aliphatic heterocycles. The lowest BCUT2D eigenvalue weighted by Crippen LogP contribution is -2.37. The summed E-state index contributed by atoms with van der Waals surface area (Å²) in [5, 5.41) is 4.76. The van der Waals surface area contributed by atoms with Crippen molar-refractivity contribution in [3.8, 4) is 0 Å². The Kier molecular flexibility index (Phi) is 4.73. The molecule has 0 bridgehead atoms. The van der Waals surface area contributed by atoms with Crippen LogP contribution >= 0.6 is 0 Å². The molecule has 0 saturated carbocycles. The molecule has 0 saturated heterocycles. The largest absolute Gasteiger partial charge is 0.309 e. The van der Waals surface area contributed by atoms with Crippen molar-refractivity contribution < 1.29 is 4.39 Å². The fraction of sp³-hybridized carbons (Fsp3) is 0.294. The molecule has 0 atom stereocenters. The highest BCUT2D eigenvalue weighted by atomic mass is 28.3. The van der Waals surface area contributed by atoms with E-state index in [9.17, 15) is 4.39 Å². The van der Waals surface area contributed by atoms with Gasteiger partial charge in [-0.2, -0.15) is 0 Å². The zero-order chi connectivity index (χ0) is 14.6. The number of nitrogens with one attached hydrogen (secondary N) is 1. The maximum atomic E-state index is 13.5. The normalized spacial score (nSPS) is 11.6. The van der Waals surface area contributed by atoms with E-state index in [1.807, 2.05) is 12.1 Å². The molecule has 0 spiro atoms. The Hall–Kier alpha value is -1.45. The summed E-state index contributed by atoms with van der Waals surface area (Å²) in [7, 11) is -1.22. The fourth-order valence-corrected chi connectivity index (χ4v) is 3.27. The monoisotopic (exact) mass is 287 g/mol. The van der Waals surface area contributed by atoms with Gasteiger partial charge < -0.3 is 5.32 Å². The minimum absolute atomic E-state index is 0.144. The van der Waals surface area contributed by atoms with E-state index >= 15 is 0 Å². The summed E-state index contributed by atoms with van der Waals surface area (Å²) in [4.78, 5) is 0. The van der Waals surface area contributed by atoms with Crippen LogP contribution in [0.1, 0.15) is 11.1 Å². The number of rotatable bonds is 5. The zero-order valence-corrected chi connectivity index (χ0v) is 13.4. The van der Waals surface area contributed by atoms with Crippen molar-refractivity contribution in [2.24, 2.45) is 0 Å². The van der Waals surface area contributed by atoms with Gasteiger partial charge in [0.2, 0.25) is 0 Å². The van der Waals surface area contributed by atoms with Crippen molar-refractivity contribution in [2.75, 3.05) is 0 Å². The second kappa shape index (κ2) is 6.33. The first-order chi connectivity index (χ1) is 9.47. The fourth-order valence-electron chi connectivity index (χ4n) is 2.11. The molecule has 2 aromatic rings. The third kappa shape index (κ3) is 4.02. The lowest BCUT2D eigenvalue weighted by atomic mass is 10.2. The van der Waals surface area contributed by atoms with Gasteiger partial charge in [-0.1, -0.05) is 67.3 Å². The van der Waals surface area contributed by atoms with Gasteiger partial charge in [-0.05, 0) is 11.6 Å². The van der Waals surface area contributed by atoms with Crippen molar-refractivity contribution in [2.45, 2.75) is 32.7 Å². The van der Waals surface area contributed by atoms with E-state index in [4.69, 9.17) is 0 Å². The van der Waals surface area contributed by atoms with Gasteiger partial charge >= 0.3 is 0 Å². The molecule has 0 heterocycles. The van der Waals surface area contributed by atoms with E-state index in [1.165, 1.54) is 16.8 Å². The summed E-state index contributed by atoms with van der Waals surface area (Å²) in [6.45, 7) is 8.36. The van der Waals surface area contributed by atoms with Crippen LogP contribution in [0.2, 0.25) is 19.6 Å². The Morgan fingerprint density at radius 2 is 1.55 bits per heavy atom. The molecule has 0 aliphatic carbocycles. The second-order valence-electron chi connectivity index (χ2n) is 6.14. The first-order valence-electron chi connectivity index (χ1n) is 7.00. The number of benzene rings is 2. The molecule has 0 radical (unpaired) electrons. The number of halogens is 1. The van der Waals surface area contributed by atoms with E-state index in [0.29, 0.717) is 12.1 Å². The topological polar surface area (TPSA) is 12.0 Å². The quantitative estimate of drug-likeness (QED) is 0.828. The molecule has 0 aliphatic rings. The van der Waals surface area contributed by atoms with Crippen LogP contribution in [-0.4, -0.2) is 8.07 Å². The van der Waals surface area contributed by atoms with Crippen LogP contribution in [-0.2, 0) is 13.1 Å². The SMILES string of the molecule is C[Si](C)(C)c1ccc(CNCc2ccccc2F)cc1. The summed E-state index contributed by atoms with van der Waals surface area (Å²) < 4.78 is 13.5. The summed E-state index contributed by atoms with van der Waals surface area (Å²) in [6.07, 6.45) is 0. The van der Waals surface area contributed by atoms with Crippen molar-refractivity contribution >= 4 is 13.3 Å². The summed E-state index contributed by atoms with van der Waals surface area (Å²) in [5.74, 6) is -0.144. The molecule has 0 aromatic heterocycles. The Morgan fingerprint density at radius 1 is 0.900 bits per heavy atom. The van der Waals surface area contributed by atoms with Crippen molar-refractivity contribution in [3.05, 3.63) is 65.5 Å². The van der Waals surface area contributed by atoms with Crippen LogP contribution in [0, 0.1) is 5.82 Å². The number of hydrogen-bond acceptors (Lipinski definition) is 1. The van der Waals surface area contributed by atoms with Gasteiger partial charge in [-0.3, -0.25) is 0 Å². The van der Waals surface area contributed by atoms with E-state index < -0.39 is 8.07 Å². The molecule has 2 rings (SSSR count). The highest BCUT2D eigenvalue weighted by Crippen LogP contribution is 2.07. The first-order valence-corrected chi connectivity index (χ1v) is 10.5. The molecule has 2 aromatic carbocycles. The lowest BCUT2D eigenvalue weighted by molar-refractivity contribution is 0.588. The summed E-state index contributed by atoms with van der Waals surface area (Å²) in [6, 6.07) is 15.7. The van der Waals surface area contributed by atoms with Gasteiger partial charge in [0.1, 0.15) is 5.82 Å². The van der Waals surface area contributed by atoms with Gasteiger partial charge in [-0.15, -0.1) is 0 Å². The third-order valence-corrected chi connectivity index (χ3v) is 5.49. The van der Waals surface area contributed by atoms with Crippen molar-refractivity contribution in [3.63, 3.8) is 0 Å². The molecule has 0 fully saturated rings. The zero-order valence-electron chi connectivity index (χ0n) is 12.4. The van der Waals surface area contributed by atoms with Crippen LogP contribution in [0.4, 0.5) is 4.39 Å². The molecule has 3 heteroatoms. The van der Waals surface area contributed by atoms with Crippen LogP contribution in [0.25, 0.3) is 0 Å². The van der Waals surface area contributed by atoms with Crippen LogP contribution in [0.5, 0.6) is 0 Å². The predicted molar refractivity (Wildman–Crippen MR) is 86.4 cm³/mol. The van der Waals surface area contributed by atoms with Crippen LogP contribution in [0.3, 0.4) is 0 Å². The van der Waals surface area contributed by atoms with Crippen LogP contribution in [0.15, 0.2) is 48.5 Å². The second-order valence-corrected chi connectivity index (χ2v) is 11.2. The Labute approximate surface area is 121 Å². The van der Waals surface area contributed by atoms with E-state index in [2.05, 4.69) is 49.2 Å². The van der Waals surface area contributed by atoms with Gasteiger partial charge in [-0.25, -0.2) is 4.39 Å². The van der Waals surface area contributed by atoms with Crippen molar-refractivity contribution in [1.82, 2.24) is 5.32 Å². The minimum atomic E-state index is -1.22. The Balaban J connectivity index is 1.90. The van der Waals surface area contributed by atoms with Gasteiger partial charge in [0.05, 0.1) is 8.07 Å². The minimum Gasteiger partial charge on any atom is -0.309 e. The average Bonchev–Trinajstić information content (AvgIpc) is 2.40. The average molecular weight is 287 g/mol. The molecule has 0 amide bonds. The highest BCUT2D eigenvalue weighted by Gasteiger charge is 2.15. The Morgan fingerprint density at radius 3 is 2.15 bits per heavy atom. The van der Waals surface area contributed by atoms with Gasteiger partial charge in [0.25, 0.3) is 0 Å². The smallest absolute Gasteiger partial charge is 0.127 e. The molecular weight excluding hydrogens is 265 g/mol. The molecule has 0 unspecified atom stereocenters. The maximum absolute atomic E-state index is 13.5. The van der Waals surface area contributed by atoms with E-state index in [0.717, 1.165) is 6.54 Å². The molecule has 1 N–H and O–H groups in total. The lowest BCUT2D eigenvalue weighted by Gasteiger charge is -2.16. The summed E-state index contributed by atoms with van der Waals surface area (Å²) >= 11 is 0. The van der Waals surface area contributed by atoms with E-state index in [1.54, 1.807) is 6.07 Å². The number of hydrogen-bond donors (Lipinski definition) is 1. The van der Waals surface area contributed by atoms with Gasteiger partial charge in [0, 0.05) is 18.7 Å². The highest BCUT2D eigenvalue weighted by molar-refractivity contribution is 6.88. The molecule has 106 valence electrons. The van der Waals surface area contributed by atoms with Gasteiger partial charge in [0.15, 0.2) is 0 Å². The molecule has 20 heavy (non-hydrogen) atoms. The molecular formula is C17H22FNSi. The standard InChI is InChI=1S/C17H22FNSi/c1-20(2,3)16-10-8-14(9-11-16)12-19-13-15-6-4-5-7-17(15)18/h4-11,19H,12-13H2,1-3H3. The van der Waals surface area contributed by atoms with E-state index in [-0.39, 0.29) is 5.82 Å². The maximum Gasteiger partial charge on any atom is 0.127 e. The molecule has 1 nitrogen and oxygen atoms in total. The van der Waals surface area contributed by atoms with Crippen molar-refractivity contribution in [1.29, 1.82) is 0 Å². The first kappa shape index (κ1) is 14.9. The van der Waals surface area contributed by atoms with Crippen LogP contribution < -0.4 is 10.5 Å². The Bertz CT molecular complexity index is 558. The predicted octanol–water partition coefficient (Wildman–Crippen LogP) is 3.66.